The molecular weight excluding hydrogens is 379 g/mol. The number of nitrogens with one attached hydrogen (secondary N) is 2. The molecule has 0 spiro atoms. The first kappa shape index (κ1) is 19.3. The van der Waals surface area contributed by atoms with E-state index in [4.69, 9.17) is 0 Å². The summed E-state index contributed by atoms with van der Waals surface area (Å²) in [5.41, 5.74) is 0.663. The second-order valence-corrected chi connectivity index (χ2v) is 9.59. The molecular formula is C25H27FN2O2. The molecule has 4 aliphatic rings. The van der Waals surface area contributed by atoms with Crippen LogP contribution in [0.1, 0.15) is 64.8 Å². The fourth-order valence-corrected chi connectivity index (χ4v) is 6.26. The SMILES string of the molecule is O=C(NCc1ccc(C(=O)NC23CC4CC(CC(F)(C4)C2)C3)cc1)c1ccccc1. The summed E-state index contributed by atoms with van der Waals surface area (Å²) in [6.07, 6.45) is 4.74. The molecule has 0 aliphatic heterocycles. The van der Waals surface area contributed by atoms with Gasteiger partial charge < -0.3 is 10.6 Å². The molecule has 5 heteroatoms. The molecule has 4 nitrogen and oxygen atoms in total. The number of alkyl halides is 1. The summed E-state index contributed by atoms with van der Waals surface area (Å²) in [4.78, 5) is 25.1. The Hall–Kier alpha value is -2.69. The molecule has 4 saturated carbocycles. The van der Waals surface area contributed by atoms with Gasteiger partial charge in [0.05, 0.1) is 0 Å². The topological polar surface area (TPSA) is 58.2 Å². The predicted octanol–water partition coefficient (Wildman–Crippen LogP) is 4.41. The normalized spacial score (nSPS) is 31.4. The van der Waals surface area contributed by atoms with Crippen LogP contribution in [0.4, 0.5) is 4.39 Å². The monoisotopic (exact) mass is 406 g/mol. The number of carbonyl (C=O) groups is 2. The summed E-state index contributed by atoms with van der Waals surface area (Å²) in [7, 11) is 0. The van der Waals surface area contributed by atoms with Crippen molar-refractivity contribution in [3.05, 3.63) is 71.3 Å². The number of hydrogen-bond donors (Lipinski definition) is 2. The molecule has 2 unspecified atom stereocenters. The Morgan fingerprint density at radius 1 is 0.867 bits per heavy atom. The van der Waals surface area contributed by atoms with Gasteiger partial charge in [0.1, 0.15) is 5.67 Å². The number of halogens is 1. The van der Waals surface area contributed by atoms with E-state index in [0.29, 0.717) is 48.8 Å². The van der Waals surface area contributed by atoms with Crippen LogP contribution in [-0.4, -0.2) is 23.0 Å². The Labute approximate surface area is 176 Å². The molecule has 2 aromatic rings. The number of hydrogen-bond acceptors (Lipinski definition) is 2. The molecule has 2 aromatic carbocycles. The Morgan fingerprint density at radius 3 is 2.13 bits per heavy atom. The van der Waals surface area contributed by atoms with E-state index < -0.39 is 5.67 Å². The first-order valence-electron chi connectivity index (χ1n) is 10.9. The maximum atomic E-state index is 15.1. The lowest BCUT2D eigenvalue weighted by atomic mass is 9.51. The fourth-order valence-electron chi connectivity index (χ4n) is 6.26. The standard InChI is InChI=1S/C25H27FN2O2/c26-24-11-18-10-19(12-24)14-25(13-18,16-24)28-23(30)21-8-6-17(7-9-21)15-27-22(29)20-4-2-1-3-5-20/h1-9,18-19H,10-16H2,(H,27,29)(H,28,30). The Bertz CT molecular complexity index is 943. The van der Waals surface area contributed by atoms with E-state index in [2.05, 4.69) is 10.6 Å². The van der Waals surface area contributed by atoms with E-state index in [9.17, 15) is 9.59 Å². The zero-order valence-electron chi connectivity index (χ0n) is 17.0. The predicted molar refractivity (Wildman–Crippen MR) is 113 cm³/mol. The van der Waals surface area contributed by atoms with E-state index in [-0.39, 0.29) is 17.4 Å². The van der Waals surface area contributed by atoms with Crippen LogP contribution in [0.2, 0.25) is 0 Å². The van der Waals surface area contributed by atoms with Crippen LogP contribution >= 0.6 is 0 Å². The zero-order chi connectivity index (χ0) is 20.8. The van der Waals surface area contributed by atoms with Gasteiger partial charge in [0.2, 0.25) is 0 Å². The van der Waals surface area contributed by atoms with Crippen molar-refractivity contribution in [3.8, 4) is 0 Å². The molecule has 2 atom stereocenters. The van der Waals surface area contributed by atoms with Crippen LogP contribution in [-0.2, 0) is 6.54 Å². The molecule has 0 aromatic heterocycles. The van der Waals surface area contributed by atoms with Crippen molar-refractivity contribution in [1.82, 2.24) is 10.6 Å². The summed E-state index contributed by atoms with van der Waals surface area (Å²) in [5, 5.41) is 6.10. The highest BCUT2D eigenvalue weighted by Crippen LogP contribution is 2.59. The molecule has 6 rings (SSSR count). The number of benzene rings is 2. The molecule has 4 fully saturated rings. The third-order valence-electron chi connectivity index (χ3n) is 7.07. The number of amides is 2. The van der Waals surface area contributed by atoms with Gasteiger partial charge in [0, 0.05) is 29.6 Å². The highest BCUT2D eigenvalue weighted by atomic mass is 19.1. The van der Waals surface area contributed by atoms with Crippen LogP contribution in [0.3, 0.4) is 0 Å². The highest BCUT2D eigenvalue weighted by Gasteiger charge is 2.58. The number of rotatable bonds is 5. The van der Waals surface area contributed by atoms with E-state index in [1.165, 1.54) is 0 Å². The lowest BCUT2D eigenvalue weighted by Crippen LogP contribution is -2.64. The molecule has 0 saturated heterocycles. The molecule has 0 heterocycles. The zero-order valence-corrected chi connectivity index (χ0v) is 17.0. The third-order valence-corrected chi connectivity index (χ3v) is 7.07. The summed E-state index contributed by atoms with van der Waals surface area (Å²) in [6, 6.07) is 16.4. The van der Waals surface area contributed by atoms with Gasteiger partial charge in [-0.1, -0.05) is 30.3 Å². The minimum atomic E-state index is -1.09. The first-order valence-corrected chi connectivity index (χ1v) is 10.9. The van der Waals surface area contributed by atoms with Gasteiger partial charge in [0.25, 0.3) is 11.8 Å². The van der Waals surface area contributed by atoms with Crippen molar-refractivity contribution in [1.29, 1.82) is 0 Å². The Morgan fingerprint density at radius 2 is 1.50 bits per heavy atom. The first-order chi connectivity index (χ1) is 14.4. The van der Waals surface area contributed by atoms with Gasteiger partial charge in [-0.2, -0.15) is 0 Å². The summed E-state index contributed by atoms with van der Waals surface area (Å²) < 4.78 is 15.1. The minimum absolute atomic E-state index is 0.125. The quantitative estimate of drug-likeness (QED) is 0.773. The van der Waals surface area contributed by atoms with Gasteiger partial charge in [-0.3, -0.25) is 9.59 Å². The fraction of sp³-hybridized carbons (Fsp3) is 0.440. The molecule has 4 bridgehead atoms. The van der Waals surface area contributed by atoms with Crippen molar-refractivity contribution in [2.75, 3.05) is 0 Å². The molecule has 0 radical (unpaired) electrons. The van der Waals surface area contributed by atoms with Crippen molar-refractivity contribution in [3.63, 3.8) is 0 Å². The van der Waals surface area contributed by atoms with Crippen LogP contribution in [0, 0.1) is 11.8 Å². The van der Waals surface area contributed by atoms with Gasteiger partial charge in [-0.15, -0.1) is 0 Å². The smallest absolute Gasteiger partial charge is 0.251 e. The largest absolute Gasteiger partial charge is 0.348 e. The maximum absolute atomic E-state index is 15.1. The van der Waals surface area contributed by atoms with E-state index in [0.717, 1.165) is 24.8 Å². The molecule has 156 valence electrons. The lowest BCUT2D eigenvalue weighted by Gasteiger charge is -2.59. The van der Waals surface area contributed by atoms with Crippen LogP contribution in [0.5, 0.6) is 0 Å². The lowest BCUT2D eigenvalue weighted by molar-refractivity contribution is -0.0937. The summed E-state index contributed by atoms with van der Waals surface area (Å²) in [6.45, 7) is 0.396. The van der Waals surface area contributed by atoms with E-state index >= 15 is 4.39 Å². The van der Waals surface area contributed by atoms with Crippen molar-refractivity contribution in [2.45, 2.75) is 56.3 Å². The Kier molecular flexibility index (Phi) is 4.64. The van der Waals surface area contributed by atoms with Crippen LogP contribution < -0.4 is 10.6 Å². The van der Waals surface area contributed by atoms with Crippen LogP contribution in [0.25, 0.3) is 0 Å². The van der Waals surface area contributed by atoms with Crippen molar-refractivity contribution in [2.24, 2.45) is 11.8 Å². The second kappa shape index (κ2) is 7.22. The highest BCUT2D eigenvalue weighted by molar-refractivity contribution is 5.95. The third kappa shape index (κ3) is 3.73. The van der Waals surface area contributed by atoms with Gasteiger partial charge in [0.15, 0.2) is 0 Å². The molecule has 2 amide bonds. The Balaban J connectivity index is 1.21. The summed E-state index contributed by atoms with van der Waals surface area (Å²) in [5.74, 6) is 0.569. The maximum Gasteiger partial charge on any atom is 0.251 e. The second-order valence-electron chi connectivity index (χ2n) is 9.59. The van der Waals surface area contributed by atoms with E-state index in [1.807, 2.05) is 30.3 Å². The summed E-state index contributed by atoms with van der Waals surface area (Å²) >= 11 is 0. The molecule has 2 N–H and O–H groups in total. The minimum Gasteiger partial charge on any atom is -0.348 e. The average molecular weight is 407 g/mol. The van der Waals surface area contributed by atoms with Gasteiger partial charge in [-0.25, -0.2) is 4.39 Å². The van der Waals surface area contributed by atoms with E-state index in [1.54, 1.807) is 24.3 Å². The van der Waals surface area contributed by atoms with Crippen molar-refractivity contribution >= 4 is 11.8 Å². The van der Waals surface area contributed by atoms with Crippen LogP contribution in [0.15, 0.2) is 54.6 Å². The number of carbonyl (C=O) groups excluding carboxylic acids is 2. The molecule has 4 aliphatic carbocycles. The molecule has 30 heavy (non-hydrogen) atoms. The van der Waals surface area contributed by atoms with Gasteiger partial charge >= 0.3 is 0 Å². The van der Waals surface area contributed by atoms with Crippen molar-refractivity contribution < 1.29 is 14.0 Å². The van der Waals surface area contributed by atoms with Gasteiger partial charge in [-0.05, 0) is 73.8 Å². The average Bonchev–Trinajstić information content (AvgIpc) is 2.71.